The van der Waals surface area contributed by atoms with Crippen molar-refractivity contribution in [2.24, 2.45) is 0 Å². The van der Waals surface area contributed by atoms with E-state index in [0.29, 0.717) is 23.7 Å². The SMILES string of the molecule is CCOc1ccc(N2C(=O)c3ccccc3[C@@H]2Nc2cc(OC)cc(OC)c2)cc1. The van der Waals surface area contributed by atoms with Gasteiger partial charge in [0.15, 0.2) is 0 Å². The number of amides is 1. The third-order valence-corrected chi connectivity index (χ3v) is 5.04. The molecule has 0 bridgehead atoms. The Morgan fingerprint density at radius 2 is 1.57 bits per heavy atom. The first-order chi connectivity index (χ1) is 14.6. The Hall–Kier alpha value is -3.67. The van der Waals surface area contributed by atoms with Crippen molar-refractivity contribution < 1.29 is 19.0 Å². The molecule has 0 aromatic heterocycles. The van der Waals surface area contributed by atoms with E-state index in [0.717, 1.165) is 22.7 Å². The topological polar surface area (TPSA) is 60.0 Å². The molecule has 0 unspecified atom stereocenters. The number of fused-ring (bicyclic) bond motifs is 1. The van der Waals surface area contributed by atoms with Crippen molar-refractivity contribution in [3.63, 3.8) is 0 Å². The van der Waals surface area contributed by atoms with Crippen molar-refractivity contribution in [1.29, 1.82) is 0 Å². The Labute approximate surface area is 176 Å². The van der Waals surface area contributed by atoms with Gasteiger partial charge in [0.1, 0.15) is 23.4 Å². The molecule has 0 radical (unpaired) electrons. The fraction of sp³-hybridized carbons (Fsp3) is 0.208. The van der Waals surface area contributed by atoms with Gasteiger partial charge in [-0.3, -0.25) is 9.69 Å². The molecule has 0 aliphatic carbocycles. The van der Waals surface area contributed by atoms with Crippen LogP contribution in [0.25, 0.3) is 0 Å². The van der Waals surface area contributed by atoms with E-state index in [4.69, 9.17) is 14.2 Å². The third kappa shape index (κ3) is 3.64. The van der Waals surface area contributed by atoms with E-state index >= 15 is 0 Å². The number of anilines is 2. The maximum atomic E-state index is 13.3. The van der Waals surface area contributed by atoms with Crippen molar-refractivity contribution in [2.75, 3.05) is 31.0 Å². The smallest absolute Gasteiger partial charge is 0.260 e. The van der Waals surface area contributed by atoms with Crippen LogP contribution in [0.4, 0.5) is 11.4 Å². The number of benzene rings is 3. The normalized spacial score (nSPS) is 15.0. The second kappa shape index (κ2) is 8.37. The minimum absolute atomic E-state index is 0.0536. The summed E-state index contributed by atoms with van der Waals surface area (Å²) in [6.45, 7) is 2.53. The summed E-state index contributed by atoms with van der Waals surface area (Å²) >= 11 is 0. The maximum Gasteiger partial charge on any atom is 0.260 e. The van der Waals surface area contributed by atoms with Crippen LogP contribution in [0, 0.1) is 0 Å². The molecule has 1 aliphatic rings. The first-order valence-corrected chi connectivity index (χ1v) is 9.79. The van der Waals surface area contributed by atoms with Gasteiger partial charge in [0.2, 0.25) is 0 Å². The van der Waals surface area contributed by atoms with E-state index in [1.54, 1.807) is 19.1 Å². The molecule has 154 valence electrons. The minimum Gasteiger partial charge on any atom is -0.497 e. The van der Waals surface area contributed by atoms with Gasteiger partial charge in [0.05, 0.1) is 20.8 Å². The first-order valence-electron chi connectivity index (χ1n) is 9.79. The van der Waals surface area contributed by atoms with E-state index in [2.05, 4.69) is 5.32 Å². The fourth-order valence-electron chi connectivity index (χ4n) is 3.64. The highest BCUT2D eigenvalue weighted by Gasteiger charge is 2.37. The van der Waals surface area contributed by atoms with E-state index in [-0.39, 0.29) is 12.1 Å². The largest absolute Gasteiger partial charge is 0.497 e. The molecule has 1 aliphatic heterocycles. The summed E-state index contributed by atoms with van der Waals surface area (Å²) in [6.07, 6.45) is -0.372. The minimum atomic E-state index is -0.372. The van der Waals surface area contributed by atoms with Gasteiger partial charge in [0.25, 0.3) is 5.91 Å². The third-order valence-electron chi connectivity index (χ3n) is 5.04. The zero-order chi connectivity index (χ0) is 21.1. The van der Waals surface area contributed by atoms with Gasteiger partial charge in [-0.25, -0.2) is 0 Å². The molecule has 0 spiro atoms. The number of methoxy groups -OCH3 is 2. The Morgan fingerprint density at radius 3 is 2.20 bits per heavy atom. The second-order valence-electron chi connectivity index (χ2n) is 6.84. The molecule has 0 fully saturated rings. The number of nitrogens with one attached hydrogen (secondary N) is 1. The Kier molecular flexibility index (Phi) is 5.48. The van der Waals surface area contributed by atoms with Gasteiger partial charge in [0, 0.05) is 40.7 Å². The summed E-state index contributed by atoms with van der Waals surface area (Å²) in [7, 11) is 3.22. The number of ether oxygens (including phenoxy) is 3. The Balaban J connectivity index is 1.73. The van der Waals surface area contributed by atoms with Crippen LogP contribution in [-0.4, -0.2) is 26.7 Å². The summed E-state index contributed by atoms with van der Waals surface area (Å²) in [5.41, 5.74) is 3.17. The molecule has 6 nitrogen and oxygen atoms in total. The highest BCUT2D eigenvalue weighted by Crippen LogP contribution is 2.39. The number of hydrogen-bond acceptors (Lipinski definition) is 5. The lowest BCUT2D eigenvalue weighted by molar-refractivity contribution is 0.0993. The molecule has 3 aromatic rings. The number of carbonyl (C=O) groups excluding carboxylic acids is 1. The average Bonchev–Trinajstić information content (AvgIpc) is 3.06. The lowest BCUT2D eigenvalue weighted by atomic mass is 10.1. The second-order valence-corrected chi connectivity index (χ2v) is 6.84. The van der Waals surface area contributed by atoms with E-state index in [9.17, 15) is 4.79 Å². The van der Waals surface area contributed by atoms with Crippen LogP contribution in [0.5, 0.6) is 17.2 Å². The molecule has 0 saturated carbocycles. The summed E-state index contributed by atoms with van der Waals surface area (Å²) in [4.78, 5) is 15.0. The molecular weight excluding hydrogens is 380 g/mol. The lowest BCUT2D eigenvalue weighted by Gasteiger charge is -2.27. The summed E-state index contributed by atoms with van der Waals surface area (Å²) < 4.78 is 16.3. The van der Waals surface area contributed by atoms with E-state index in [1.807, 2.05) is 73.7 Å². The van der Waals surface area contributed by atoms with Crippen LogP contribution in [0.1, 0.15) is 29.0 Å². The van der Waals surface area contributed by atoms with E-state index < -0.39 is 0 Å². The predicted octanol–water partition coefficient (Wildman–Crippen LogP) is 4.87. The van der Waals surface area contributed by atoms with Crippen molar-refractivity contribution in [1.82, 2.24) is 0 Å². The van der Waals surface area contributed by atoms with Crippen LogP contribution < -0.4 is 24.4 Å². The van der Waals surface area contributed by atoms with Crippen molar-refractivity contribution in [3.05, 3.63) is 77.9 Å². The van der Waals surface area contributed by atoms with Crippen LogP contribution in [-0.2, 0) is 0 Å². The van der Waals surface area contributed by atoms with E-state index in [1.165, 1.54) is 0 Å². The van der Waals surface area contributed by atoms with Crippen LogP contribution in [0.15, 0.2) is 66.7 Å². The number of nitrogens with zero attached hydrogens (tertiary/aromatic N) is 1. The Bertz CT molecular complexity index is 1030. The summed E-state index contributed by atoms with van der Waals surface area (Å²) in [6, 6.07) is 20.8. The van der Waals surface area contributed by atoms with Gasteiger partial charge in [-0.15, -0.1) is 0 Å². The highest BCUT2D eigenvalue weighted by atomic mass is 16.5. The zero-order valence-corrected chi connectivity index (χ0v) is 17.2. The number of rotatable bonds is 7. The average molecular weight is 404 g/mol. The van der Waals surface area contributed by atoms with Gasteiger partial charge in [-0.1, -0.05) is 18.2 Å². The van der Waals surface area contributed by atoms with Crippen molar-refractivity contribution in [2.45, 2.75) is 13.1 Å². The van der Waals surface area contributed by atoms with Gasteiger partial charge in [-0.2, -0.15) is 0 Å². The molecule has 4 rings (SSSR count). The molecule has 6 heteroatoms. The fourth-order valence-corrected chi connectivity index (χ4v) is 3.64. The monoisotopic (exact) mass is 404 g/mol. The van der Waals surface area contributed by atoms with Crippen LogP contribution >= 0.6 is 0 Å². The molecule has 30 heavy (non-hydrogen) atoms. The van der Waals surface area contributed by atoms with Gasteiger partial charge < -0.3 is 19.5 Å². The summed E-state index contributed by atoms with van der Waals surface area (Å²) in [5.74, 6) is 2.05. The number of carbonyl (C=O) groups is 1. The summed E-state index contributed by atoms with van der Waals surface area (Å²) in [5, 5.41) is 3.48. The maximum absolute atomic E-state index is 13.3. The molecule has 1 atom stereocenters. The molecule has 0 saturated heterocycles. The van der Waals surface area contributed by atoms with Gasteiger partial charge >= 0.3 is 0 Å². The quantitative estimate of drug-likeness (QED) is 0.609. The van der Waals surface area contributed by atoms with Crippen molar-refractivity contribution in [3.8, 4) is 17.2 Å². The zero-order valence-electron chi connectivity index (χ0n) is 17.2. The standard InChI is InChI=1S/C24H24N2O4/c1-4-30-18-11-9-17(10-12-18)26-23(21-7-5-6-8-22(21)24(26)27)25-16-13-19(28-2)15-20(14-16)29-3/h5-15,23,25H,4H2,1-3H3/t23-/m1/s1. The molecule has 1 amide bonds. The van der Waals surface area contributed by atoms with Crippen LogP contribution in [0.3, 0.4) is 0 Å². The predicted molar refractivity (Wildman–Crippen MR) is 117 cm³/mol. The van der Waals surface area contributed by atoms with Gasteiger partial charge in [-0.05, 0) is 37.3 Å². The van der Waals surface area contributed by atoms with Crippen LogP contribution in [0.2, 0.25) is 0 Å². The highest BCUT2D eigenvalue weighted by molar-refractivity contribution is 6.11. The molecule has 1 heterocycles. The Morgan fingerprint density at radius 1 is 0.900 bits per heavy atom. The molecular formula is C24H24N2O4. The molecule has 3 aromatic carbocycles. The number of hydrogen-bond donors (Lipinski definition) is 1. The molecule has 1 N–H and O–H groups in total. The lowest BCUT2D eigenvalue weighted by Crippen LogP contribution is -2.32. The first kappa shape index (κ1) is 19.6. The van der Waals surface area contributed by atoms with Crippen molar-refractivity contribution >= 4 is 17.3 Å².